The number of aryl methyl sites for hydroxylation is 1. The molecule has 0 aliphatic heterocycles. The largest absolute Gasteiger partial charge is 0.477 e. The maximum atomic E-state index is 11.2. The van der Waals surface area contributed by atoms with Gasteiger partial charge in [-0.25, -0.2) is 9.78 Å². The van der Waals surface area contributed by atoms with Crippen molar-refractivity contribution in [2.24, 2.45) is 7.05 Å². The van der Waals surface area contributed by atoms with Gasteiger partial charge in [-0.2, -0.15) is 5.10 Å². The number of aromatic nitrogens is 4. The van der Waals surface area contributed by atoms with Gasteiger partial charge in [-0.1, -0.05) is 0 Å². The SMILES string of the molecule is CC(=O)c1cc(C(=O)O)n(Cc2ncn(C)n2)c1. The minimum atomic E-state index is -1.08. The monoisotopic (exact) mass is 248 g/mol. The molecule has 2 aromatic rings. The van der Waals surface area contributed by atoms with Gasteiger partial charge in [0.1, 0.15) is 12.0 Å². The van der Waals surface area contributed by atoms with Crippen molar-refractivity contribution in [1.29, 1.82) is 0 Å². The third-order valence-corrected chi connectivity index (χ3v) is 2.48. The fraction of sp³-hybridized carbons (Fsp3) is 0.273. The zero-order valence-corrected chi connectivity index (χ0v) is 9.99. The molecular formula is C11H12N4O3. The first-order chi connectivity index (χ1) is 8.47. The average molecular weight is 248 g/mol. The average Bonchev–Trinajstić information content (AvgIpc) is 2.85. The zero-order valence-electron chi connectivity index (χ0n) is 9.99. The van der Waals surface area contributed by atoms with E-state index in [-0.39, 0.29) is 18.0 Å². The number of carbonyl (C=O) groups is 2. The molecule has 0 aromatic carbocycles. The molecule has 94 valence electrons. The minimum absolute atomic E-state index is 0.0488. The number of carboxylic acid groups (broad SMARTS) is 1. The van der Waals surface area contributed by atoms with Crippen LogP contribution in [0.15, 0.2) is 18.6 Å². The van der Waals surface area contributed by atoms with Crippen LogP contribution in [-0.4, -0.2) is 36.2 Å². The van der Waals surface area contributed by atoms with Gasteiger partial charge in [-0.05, 0) is 13.0 Å². The summed E-state index contributed by atoms with van der Waals surface area (Å²) < 4.78 is 2.99. The highest BCUT2D eigenvalue weighted by Gasteiger charge is 2.15. The van der Waals surface area contributed by atoms with Crippen LogP contribution in [0.3, 0.4) is 0 Å². The predicted octanol–water partition coefficient (Wildman–Crippen LogP) is 0.566. The number of hydrogen-bond donors (Lipinski definition) is 1. The Labute approximate surface area is 103 Å². The Balaban J connectivity index is 2.36. The Kier molecular flexibility index (Phi) is 2.97. The second kappa shape index (κ2) is 4.44. The smallest absolute Gasteiger partial charge is 0.352 e. The first kappa shape index (κ1) is 12.0. The summed E-state index contributed by atoms with van der Waals surface area (Å²) in [5.74, 6) is -0.769. The molecule has 0 saturated carbocycles. The van der Waals surface area contributed by atoms with E-state index in [1.54, 1.807) is 7.05 Å². The lowest BCUT2D eigenvalue weighted by Gasteiger charge is -2.02. The minimum Gasteiger partial charge on any atom is -0.477 e. The summed E-state index contributed by atoms with van der Waals surface area (Å²) in [5.41, 5.74) is 0.413. The summed E-state index contributed by atoms with van der Waals surface area (Å²) in [5, 5.41) is 13.1. The molecule has 0 amide bonds. The molecule has 0 fully saturated rings. The van der Waals surface area contributed by atoms with E-state index < -0.39 is 5.97 Å². The summed E-state index contributed by atoms with van der Waals surface area (Å²) in [6.07, 6.45) is 3.04. The molecule has 0 aliphatic rings. The first-order valence-corrected chi connectivity index (χ1v) is 5.26. The van der Waals surface area contributed by atoms with Crippen molar-refractivity contribution in [3.05, 3.63) is 35.7 Å². The van der Waals surface area contributed by atoms with Crippen molar-refractivity contribution in [2.75, 3.05) is 0 Å². The van der Waals surface area contributed by atoms with Crippen LogP contribution in [-0.2, 0) is 13.6 Å². The lowest BCUT2D eigenvalue weighted by Crippen LogP contribution is -2.09. The molecule has 0 radical (unpaired) electrons. The molecular weight excluding hydrogens is 236 g/mol. The van der Waals surface area contributed by atoms with Crippen LogP contribution in [0.1, 0.15) is 33.6 Å². The number of aromatic carboxylic acids is 1. The molecule has 0 aliphatic carbocycles. The van der Waals surface area contributed by atoms with Gasteiger partial charge in [0.05, 0.1) is 6.54 Å². The molecule has 2 rings (SSSR count). The van der Waals surface area contributed by atoms with E-state index in [1.165, 1.54) is 34.8 Å². The van der Waals surface area contributed by atoms with Gasteiger partial charge in [-0.15, -0.1) is 0 Å². The topological polar surface area (TPSA) is 90.0 Å². The van der Waals surface area contributed by atoms with Crippen molar-refractivity contribution in [2.45, 2.75) is 13.5 Å². The van der Waals surface area contributed by atoms with Crippen molar-refractivity contribution >= 4 is 11.8 Å². The molecule has 0 saturated heterocycles. The number of carbonyl (C=O) groups excluding carboxylic acids is 1. The zero-order chi connectivity index (χ0) is 13.3. The molecule has 1 N–H and O–H groups in total. The van der Waals surface area contributed by atoms with Gasteiger partial charge in [-0.3, -0.25) is 9.48 Å². The van der Waals surface area contributed by atoms with Crippen molar-refractivity contribution in [1.82, 2.24) is 19.3 Å². The third-order valence-electron chi connectivity index (χ3n) is 2.48. The Bertz CT molecular complexity index is 612. The van der Waals surface area contributed by atoms with Crippen molar-refractivity contribution < 1.29 is 14.7 Å². The molecule has 0 atom stereocenters. The summed E-state index contributed by atoms with van der Waals surface area (Å²) in [4.78, 5) is 26.3. The fourth-order valence-corrected chi connectivity index (χ4v) is 1.62. The number of Topliss-reactive ketones (excluding diaryl/α,β-unsaturated/α-hetero) is 1. The second-order valence-corrected chi connectivity index (χ2v) is 3.94. The fourth-order valence-electron chi connectivity index (χ4n) is 1.62. The maximum absolute atomic E-state index is 11.2. The maximum Gasteiger partial charge on any atom is 0.352 e. The van der Waals surface area contributed by atoms with E-state index in [2.05, 4.69) is 10.1 Å². The standard InChI is InChI=1S/C11H12N4O3/c1-7(16)8-3-9(11(17)18)15(4-8)5-10-12-6-14(2)13-10/h3-4,6H,5H2,1-2H3,(H,17,18). The third kappa shape index (κ3) is 2.29. The van der Waals surface area contributed by atoms with Crippen LogP contribution < -0.4 is 0 Å². The van der Waals surface area contributed by atoms with Gasteiger partial charge in [0.2, 0.25) is 0 Å². The first-order valence-electron chi connectivity index (χ1n) is 5.26. The number of hydrogen-bond acceptors (Lipinski definition) is 4. The summed E-state index contributed by atoms with van der Waals surface area (Å²) >= 11 is 0. The Morgan fingerprint density at radius 3 is 2.67 bits per heavy atom. The van der Waals surface area contributed by atoms with E-state index in [0.29, 0.717) is 11.4 Å². The number of ketones is 1. The van der Waals surface area contributed by atoms with E-state index in [4.69, 9.17) is 5.11 Å². The summed E-state index contributed by atoms with van der Waals surface area (Å²) in [6.45, 7) is 1.61. The molecule has 7 nitrogen and oxygen atoms in total. The van der Waals surface area contributed by atoms with Gasteiger partial charge >= 0.3 is 5.97 Å². The van der Waals surface area contributed by atoms with Gasteiger partial charge < -0.3 is 9.67 Å². The van der Waals surface area contributed by atoms with Gasteiger partial charge in [0, 0.05) is 18.8 Å². The van der Waals surface area contributed by atoms with E-state index >= 15 is 0 Å². The number of nitrogens with zero attached hydrogens (tertiary/aromatic N) is 4. The Morgan fingerprint density at radius 2 is 2.17 bits per heavy atom. The van der Waals surface area contributed by atoms with Crippen LogP contribution in [0.2, 0.25) is 0 Å². The van der Waals surface area contributed by atoms with Crippen LogP contribution in [0.5, 0.6) is 0 Å². The molecule has 2 heterocycles. The van der Waals surface area contributed by atoms with Crippen LogP contribution >= 0.6 is 0 Å². The molecule has 7 heteroatoms. The molecule has 0 bridgehead atoms. The lowest BCUT2D eigenvalue weighted by atomic mass is 10.2. The molecule has 2 aromatic heterocycles. The number of rotatable bonds is 4. The molecule has 0 spiro atoms. The number of carboxylic acids is 1. The highest BCUT2D eigenvalue weighted by molar-refractivity contribution is 5.97. The highest BCUT2D eigenvalue weighted by atomic mass is 16.4. The summed E-state index contributed by atoms with van der Waals surface area (Å²) in [6, 6.07) is 1.35. The van der Waals surface area contributed by atoms with Crippen LogP contribution in [0, 0.1) is 0 Å². The predicted molar refractivity (Wildman–Crippen MR) is 61.5 cm³/mol. The quantitative estimate of drug-likeness (QED) is 0.799. The van der Waals surface area contributed by atoms with E-state index in [0.717, 1.165) is 0 Å². The highest BCUT2D eigenvalue weighted by Crippen LogP contribution is 2.11. The van der Waals surface area contributed by atoms with E-state index in [9.17, 15) is 9.59 Å². The van der Waals surface area contributed by atoms with Crippen LogP contribution in [0.4, 0.5) is 0 Å². The normalized spacial score (nSPS) is 10.6. The molecule has 18 heavy (non-hydrogen) atoms. The van der Waals surface area contributed by atoms with Gasteiger partial charge in [0.15, 0.2) is 11.6 Å². The second-order valence-electron chi connectivity index (χ2n) is 3.94. The van der Waals surface area contributed by atoms with Crippen molar-refractivity contribution in [3.8, 4) is 0 Å². The van der Waals surface area contributed by atoms with Crippen molar-refractivity contribution in [3.63, 3.8) is 0 Å². The lowest BCUT2D eigenvalue weighted by molar-refractivity contribution is 0.0685. The van der Waals surface area contributed by atoms with E-state index in [1.807, 2.05) is 0 Å². The Hall–Kier alpha value is -2.44. The van der Waals surface area contributed by atoms with Gasteiger partial charge in [0.25, 0.3) is 0 Å². The summed E-state index contributed by atoms with van der Waals surface area (Å²) in [7, 11) is 1.73. The van der Waals surface area contributed by atoms with Crippen LogP contribution in [0.25, 0.3) is 0 Å². The molecule has 0 unspecified atom stereocenters. The Morgan fingerprint density at radius 1 is 1.44 bits per heavy atom.